The molecule has 0 aromatic carbocycles. The van der Waals surface area contributed by atoms with Crippen LogP contribution in [0.1, 0.15) is 12.8 Å². The van der Waals surface area contributed by atoms with E-state index in [2.05, 4.69) is 5.32 Å². The summed E-state index contributed by atoms with van der Waals surface area (Å²) in [6, 6.07) is 0. The van der Waals surface area contributed by atoms with Gasteiger partial charge in [0.2, 0.25) is 0 Å². The van der Waals surface area contributed by atoms with E-state index in [1.165, 1.54) is 0 Å². The lowest BCUT2D eigenvalue weighted by atomic mass is 9.93. The SMILES string of the molecule is NCC(F)C1CCNCC1. The molecule has 10 heavy (non-hydrogen) atoms. The quantitative estimate of drug-likeness (QED) is 0.587. The lowest BCUT2D eigenvalue weighted by Crippen LogP contribution is -2.35. The van der Waals surface area contributed by atoms with Crippen molar-refractivity contribution >= 4 is 0 Å². The zero-order valence-electron chi connectivity index (χ0n) is 6.15. The van der Waals surface area contributed by atoms with Gasteiger partial charge in [0.25, 0.3) is 0 Å². The van der Waals surface area contributed by atoms with Gasteiger partial charge >= 0.3 is 0 Å². The summed E-state index contributed by atoms with van der Waals surface area (Å²) in [4.78, 5) is 0. The monoisotopic (exact) mass is 146 g/mol. The second-order valence-corrected chi connectivity index (χ2v) is 2.84. The predicted molar refractivity (Wildman–Crippen MR) is 39.5 cm³/mol. The first-order chi connectivity index (χ1) is 4.84. The highest BCUT2D eigenvalue weighted by Gasteiger charge is 2.21. The third-order valence-electron chi connectivity index (χ3n) is 2.12. The van der Waals surface area contributed by atoms with Crippen LogP contribution in [-0.2, 0) is 0 Å². The molecule has 60 valence electrons. The van der Waals surface area contributed by atoms with Crippen molar-refractivity contribution in [3.05, 3.63) is 0 Å². The summed E-state index contributed by atoms with van der Waals surface area (Å²) in [6.07, 6.45) is 1.11. The predicted octanol–water partition coefficient (Wildman–Crippen LogP) is 0.283. The summed E-state index contributed by atoms with van der Waals surface area (Å²) in [6.45, 7) is 2.08. The van der Waals surface area contributed by atoms with Crippen molar-refractivity contribution < 1.29 is 4.39 Å². The largest absolute Gasteiger partial charge is 0.328 e. The molecule has 3 heteroatoms. The number of alkyl halides is 1. The fourth-order valence-electron chi connectivity index (χ4n) is 1.40. The number of hydrogen-bond acceptors (Lipinski definition) is 2. The number of nitrogens with two attached hydrogens (primary N) is 1. The molecule has 1 aliphatic heterocycles. The highest BCUT2D eigenvalue weighted by Crippen LogP contribution is 2.17. The topological polar surface area (TPSA) is 38.0 Å². The summed E-state index contributed by atoms with van der Waals surface area (Å²) >= 11 is 0. The molecule has 0 amide bonds. The Morgan fingerprint density at radius 3 is 2.60 bits per heavy atom. The Labute approximate surface area is 61.0 Å². The fourth-order valence-corrected chi connectivity index (χ4v) is 1.40. The highest BCUT2D eigenvalue weighted by molar-refractivity contribution is 4.75. The van der Waals surface area contributed by atoms with E-state index in [9.17, 15) is 4.39 Å². The van der Waals surface area contributed by atoms with Crippen molar-refractivity contribution in [1.29, 1.82) is 0 Å². The van der Waals surface area contributed by atoms with Crippen LogP contribution in [0.25, 0.3) is 0 Å². The Balaban J connectivity index is 2.24. The Hall–Kier alpha value is -0.150. The minimum atomic E-state index is -0.776. The number of nitrogens with one attached hydrogen (secondary N) is 1. The molecule has 2 nitrogen and oxygen atoms in total. The summed E-state index contributed by atoms with van der Waals surface area (Å²) < 4.78 is 12.9. The normalized spacial score (nSPS) is 24.6. The van der Waals surface area contributed by atoms with E-state index < -0.39 is 6.17 Å². The number of piperidine rings is 1. The molecular formula is C7H15FN2. The van der Waals surface area contributed by atoms with Crippen LogP contribution in [0, 0.1) is 5.92 Å². The van der Waals surface area contributed by atoms with E-state index >= 15 is 0 Å². The van der Waals surface area contributed by atoms with Gasteiger partial charge in [0, 0.05) is 6.54 Å². The van der Waals surface area contributed by atoms with E-state index in [0.29, 0.717) is 0 Å². The Morgan fingerprint density at radius 1 is 1.50 bits per heavy atom. The van der Waals surface area contributed by atoms with E-state index in [1.807, 2.05) is 0 Å². The van der Waals surface area contributed by atoms with Gasteiger partial charge in [-0.25, -0.2) is 4.39 Å². The summed E-state index contributed by atoms with van der Waals surface area (Å²) in [5.41, 5.74) is 5.21. The van der Waals surface area contributed by atoms with Gasteiger partial charge in [-0.3, -0.25) is 0 Å². The molecule has 0 spiro atoms. The molecule has 1 rings (SSSR count). The van der Waals surface area contributed by atoms with Crippen LogP contribution >= 0.6 is 0 Å². The van der Waals surface area contributed by atoms with Crippen LogP contribution in [-0.4, -0.2) is 25.8 Å². The van der Waals surface area contributed by atoms with E-state index in [1.54, 1.807) is 0 Å². The standard InChI is InChI=1S/C7H15FN2/c8-7(5-9)6-1-3-10-4-2-6/h6-7,10H,1-5,9H2. The fraction of sp³-hybridized carbons (Fsp3) is 1.00. The lowest BCUT2D eigenvalue weighted by molar-refractivity contribution is 0.194. The Bertz CT molecular complexity index is 91.6. The van der Waals surface area contributed by atoms with E-state index in [0.717, 1.165) is 25.9 Å². The van der Waals surface area contributed by atoms with Crippen molar-refractivity contribution in [3.8, 4) is 0 Å². The molecule has 1 heterocycles. The number of halogens is 1. The second-order valence-electron chi connectivity index (χ2n) is 2.84. The highest BCUT2D eigenvalue weighted by atomic mass is 19.1. The van der Waals surface area contributed by atoms with Gasteiger partial charge in [-0.2, -0.15) is 0 Å². The van der Waals surface area contributed by atoms with Crippen LogP contribution < -0.4 is 11.1 Å². The van der Waals surface area contributed by atoms with Crippen molar-refractivity contribution in [1.82, 2.24) is 5.32 Å². The summed E-state index contributed by atoms with van der Waals surface area (Å²) in [5, 5.41) is 3.19. The lowest BCUT2D eigenvalue weighted by Gasteiger charge is -2.24. The molecule has 0 radical (unpaired) electrons. The molecule has 1 aliphatic rings. The molecule has 0 bridgehead atoms. The molecule has 1 saturated heterocycles. The van der Waals surface area contributed by atoms with Gasteiger partial charge in [-0.1, -0.05) is 0 Å². The molecule has 1 atom stereocenters. The zero-order valence-corrected chi connectivity index (χ0v) is 6.15. The van der Waals surface area contributed by atoms with Gasteiger partial charge in [-0.05, 0) is 31.8 Å². The van der Waals surface area contributed by atoms with E-state index in [4.69, 9.17) is 5.73 Å². The van der Waals surface area contributed by atoms with Crippen LogP contribution in [0.2, 0.25) is 0 Å². The number of hydrogen-bond donors (Lipinski definition) is 2. The molecule has 0 aromatic heterocycles. The van der Waals surface area contributed by atoms with Gasteiger partial charge < -0.3 is 11.1 Å². The molecule has 1 fully saturated rings. The van der Waals surface area contributed by atoms with Crippen molar-refractivity contribution in [3.63, 3.8) is 0 Å². The molecule has 0 saturated carbocycles. The Morgan fingerprint density at radius 2 is 2.10 bits per heavy atom. The molecule has 0 aromatic rings. The van der Waals surface area contributed by atoms with Gasteiger partial charge in [-0.15, -0.1) is 0 Å². The van der Waals surface area contributed by atoms with Crippen LogP contribution in [0.4, 0.5) is 4.39 Å². The van der Waals surface area contributed by atoms with Crippen LogP contribution in [0.3, 0.4) is 0 Å². The third kappa shape index (κ3) is 1.92. The molecule has 1 unspecified atom stereocenters. The van der Waals surface area contributed by atoms with Crippen LogP contribution in [0.15, 0.2) is 0 Å². The first-order valence-corrected chi connectivity index (χ1v) is 3.89. The minimum absolute atomic E-state index is 0.185. The first-order valence-electron chi connectivity index (χ1n) is 3.89. The molecule has 3 N–H and O–H groups in total. The molecule has 0 aliphatic carbocycles. The van der Waals surface area contributed by atoms with E-state index in [-0.39, 0.29) is 12.5 Å². The maximum atomic E-state index is 12.9. The molecular weight excluding hydrogens is 131 g/mol. The summed E-state index contributed by atoms with van der Waals surface area (Å²) in [7, 11) is 0. The van der Waals surface area contributed by atoms with Crippen molar-refractivity contribution in [2.45, 2.75) is 19.0 Å². The van der Waals surface area contributed by atoms with Crippen molar-refractivity contribution in [2.24, 2.45) is 11.7 Å². The number of rotatable bonds is 2. The maximum Gasteiger partial charge on any atom is 0.115 e. The zero-order chi connectivity index (χ0) is 7.40. The average molecular weight is 146 g/mol. The first kappa shape index (κ1) is 7.95. The Kier molecular flexibility index (Phi) is 3.09. The van der Waals surface area contributed by atoms with Crippen molar-refractivity contribution in [2.75, 3.05) is 19.6 Å². The summed E-state index contributed by atoms with van der Waals surface area (Å²) in [5.74, 6) is 0.214. The third-order valence-corrected chi connectivity index (χ3v) is 2.12. The average Bonchev–Trinajstić information content (AvgIpc) is 2.05. The smallest absolute Gasteiger partial charge is 0.115 e. The minimum Gasteiger partial charge on any atom is -0.328 e. The second kappa shape index (κ2) is 3.88. The van der Waals surface area contributed by atoms with Gasteiger partial charge in [0.15, 0.2) is 0 Å². The maximum absolute atomic E-state index is 12.9. The van der Waals surface area contributed by atoms with Crippen LogP contribution in [0.5, 0.6) is 0 Å². The van der Waals surface area contributed by atoms with Gasteiger partial charge in [0.1, 0.15) is 6.17 Å². The van der Waals surface area contributed by atoms with Gasteiger partial charge in [0.05, 0.1) is 0 Å².